The fourth-order valence-corrected chi connectivity index (χ4v) is 7.71. The number of aromatic nitrogens is 2. The third-order valence-corrected chi connectivity index (χ3v) is 9.20. The van der Waals surface area contributed by atoms with E-state index >= 15 is 0 Å². The van der Waals surface area contributed by atoms with Crippen molar-refractivity contribution in [2.45, 2.75) is 43.7 Å². The van der Waals surface area contributed by atoms with E-state index in [1.54, 1.807) is 0 Å². The van der Waals surface area contributed by atoms with Crippen molar-refractivity contribution in [3.8, 4) is 0 Å². The van der Waals surface area contributed by atoms with E-state index in [1.165, 1.54) is 22.0 Å². The highest BCUT2D eigenvalue weighted by atomic mass is 32.2. The number of hydrogen-bond acceptors (Lipinski definition) is 9. The normalized spacial score (nSPS) is 24.7. The van der Waals surface area contributed by atoms with Crippen LogP contribution in [0.5, 0.6) is 0 Å². The molecule has 0 radical (unpaired) electrons. The van der Waals surface area contributed by atoms with Gasteiger partial charge in [-0.2, -0.15) is 16.8 Å². The number of aryl methyl sites for hydroxylation is 1. The average Bonchev–Trinajstić information content (AvgIpc) is 3.48. The van der Waals surface area contributed by atoms with Gasteiger partial charge in [-0.15, -0.1) is 11.3 Å². The van der Waals surface area contributed by atoms with Gasteiger partial charge in [-0.25, -0.2) is 24.6 Å². The second kappa shape index (κ2) is 9.03. The van der Waals surface area contributed by atoms with Gasteiger partial charge in [0.25, 0.3) is 0 Å². The monoisotopic (exact) mass is 539 g/mol. The molecule has 2 heterocycles. The van der Waals surface area contributed by atoms with Gasteiger partial charge in [0.05, 0.1) is 29.0 Å². The number of aliphatic hydroxyl groups excluding tert-OH is 1. The summed E-state index contributed by atoms with van der Waals surface area (Å²) in [5, 5.41) is 23.0. The molecule has 0 spiro atoms. The van der Waals surface area contributed by atoms with Crippen LogP contribution in [-0.4, -0.2) is 44.6 Å². The molecule has 3 aromatic rings. The molecule has 2 aliphatic carbocycles. The van der Waals surface area contributed by atoms with E-state index in [0.717, 1.165) is 23.1 Å². The van der Waals surface area contributed by atoms with Crippen LogP contribution in [0.25, 0.3) is 10.2 Å². The summed E-state index contributed by atoms with van der Waals surface area (Å²) < 4.78 is 54.4. The number of thiophene rings is 1. The molecule has 14 heteroatoms. The van der Waals surface area contributed by atoms with Gasteiger partial charge in [0.1, 0.15) is 6.33 Å². The van der Waals surface area contributed by atoms with Crippen molar-refractivity contribution in [2.24, 2.45) is 16.2 Å². The van der Waals surface area contributed by atoms with Crippen molar-refractivity contribution in [1.82, 2.24) is 9.97 Å². The van der Waals surface area contributed by atoms with Crippen LogP contribution < -0.4 is 14.6 Å². The van der Waals surface area contributed by atoms with Crippen LogP contribution in [0.4, 0.5) is 5.82 Å². The van der Waals surface area contributed by atoms with Crippen LogP contribution in [-0.2, 0) is 31.1 Å². The fraction of sp³-hybridized carbons (Fsp3) is 0.429. The Labute approximate surface area is 207 Å². The first-order valence-electron chi connectivity index (χ1n) is 11.0. The number of rotatable bonds is 7. The van der Waals surface area contributed by atoms with Gasteiger partial charge in [-0.05, 0) is 53.7 Å². The molecule has 0 amide bonds. The first-order valence-corrected chi connectivity index (χ1v) is 14.9. The van der Waals surface area contributed by atoms with E-state index in [-0.39, 0.29) is 18.3 Å². The van der Waals surface area contributed by atoms with E-state index in [1.807, 2.05) is 29.6 Å². The quantitative estimate of drug-likeness (QED) is 0.404. The lowest BCUT2D eigenvalue weighted by atomic mass is 9.98. The molecule has 0 aliphatic heterocycles. The average molecular weight is 540 g/mol. The molecule has 5 N–H and O–H groups in total. The summed E-state index contributed by atoms with van der Waals surface area (Å²) in [5.74, 6) is -0.306. The summed E-state index contributed by atoms with van der Waals surface area (Å²) in [6.45, 7) is -0.209. The van der Waals surface area contributed by atoms with Crippen LogP contribution >= 0.6 is 11.3 Å². The smallest absolute Gasteiger partial charge is 0.333 e. The van der Waals surface area contributed by atoms with Gasteiger partial charge in [-0.1, -0.05) is 24.3 Å². The molecular weight excluding hydrogens is 514 g/mol. The SMILES string of the molecule is NS(=O)(=O)OCC1CC(c2csc3c(N(C4CCc5ccccc54)S(N)(=O)=O)ncnc23)CC1O. The third-order valence-electron chi connectivity index (χ3n) is 6.77. The largest absolute Gasteiger partial charge is 0.393 e. The van der Waals surface area contributed by atoms with Gasteiger partial charge >= 0.3 is 20.5 Å². The molecular formula is C21H25N5O6S3. The third kappa shape index (κ3) is 4.79. The van der Waals surface area contributed by atoms with Gasteiger partial charge in [0.15, 0.2) is 5.82 Å². The number of nitrogens with zero attached hydrogens (tertiary/aromatic N) is 3. The van der Waals surface area contributed by atoms with Crippen molar-refractivity contribution in [3.05, 3.63) is 52.7 Å². The second-order valence-corrected chi connectivity index (χ2v) is 12.5. The highest BCUT2D eigenvalue weighted by Crippen LogP contribution is 2.46. The Balaban J connectivity index is 1.50. The highest BCUT2D eigenvalue weighted by molar-refractivity contribution is 7.90. The van der Waals surface area contributed by atoms with Crippen LogP contribution in [0.1, 0.15) is 47.9 Å². The highest BCUT2D eigenvalue weighted by Gasteiger charge is 2.38. The molecule has 4 atom stereocenters. The summed E-state index contributed by atoms with van der Waals surface area (Å²) in [6.07, 6.45) is 2.72. The van der Waals surface area contributed by atoms with E-state index in [0.29, 0.717) is 29.5 Å². The Bertz CT molecular complexity index is 1480. The molecule has 0 saturated heterocycles. The van der Waals surface area contributed by atoms with Crippen molar-refractivity contribution >= 4 is 47.9 Å². The number of aliphatic hydroxyl groups is 1. The lowest BCUT2D eigenvalue weighted by Gasteiger charge is -2.28. The molecule has 0 bridgehead atoms. The topological polar surface area (TPSA) is 179 Å². The Morgan fingerprint density at radius 1 is 1.11 bits per heavy atom. The van der Waals surface area contributed by atoms with Crippen molar-refractivity contribution in [3.63, 3.8) is 0 Å². The van der Waals surface area contributed by atoms with E-state index in [4.69, 9.17) is 14.5 Å². The van der Waals surface area contributed by atoms with Crippen molar-refractivity contribution in [2.75, 3.05) is 10.9 Å². The minimum absolute atomic E-state index is 0.120. The van der Waals surface area contributed by atoms with Crippen LogP contribution in [0.3, 0.4) is 0 Å². The maximum Gasteiger partial charge on any atom is 0.333 e. The molecule has 188 valence electrons. The zero-order valence-corrected chi connectivity index (χ0v) is 21.0. The zero-order valence-electron chi connectivity index (χ0n) is 18.5. The number of benzene rings is 1. The first kappa shape index (κ1) is 24.5. The molecule has 4 unspecified atom stereocenters. The maximum absolute atomic E-state index is 12.8. The summed E-state index contributed by atoms with van der Waals surface area (Å²) >= 11 is 1.32. The summed E-state index contributed by atoms with van der Waals surface area (Å²) in [6, 6.07) is 7.22. The van der Waals surface area contributed by atoms with Gasteiger partial charge < -0.3 is 5.11 Å². The Hall–Kier alpha value is -2.20. The van der Waals surface area contributed by atoms with Crippen LogP contribution in [0, 0.1) is 5.92 Å². The molecule has 1 saturated carbocycles. The van der Waals surface area contributed by atoms with Gasteiger partial charge in [-0.3, -0.25) is 4.18 Å². The summed E-state index contributed by atoms with van der Waals surface area (Å²) in [4.78, 5) is 8.76. The molecule has 5 rings (SSSR count). The molecule has 2 aliphatic rings. The number of fused-ring (bicyclic) bond motifs is 2. The summed E-state index contributed by atoms with van der Waals surface area (Å²) in [5.41, 5.74) is 3.41. The fourth-order valence-electron chi connectivity index (χ4n) is 5.25. The Morgan fingerprint density at radius 3 is 2.63 bits per heavy atom. The lowest BCUT2D eigenvalue weighted by molar-refractivity contribution is 0.101. The van der Waals surface area contributed by atoms with Crippen molar-refractivity contribution < 1.29 is 26.1 Å². The Morgan fingerprint density at radius 2 is 1.89 bits per heavy atom. The van der Waals surface area contributed by atoms with Gasteiger partial charge in [0, 0.05) is 5.92 Å². The minimum Gasteiger partial charge on any atom is -0.393 e. The number of hydrogen-bond donors (Lipinski definition) is 3. The maximum atomic E-state index is 12.8. The lowest BCUT2D eigenvalue weighted by Crippen LogP contribution is -2.39. The van der Waals surface area contributed by atoms with Crippen LogP contribution in [0.2, 0.25) is 0 Å². The number of nitrogens with two attached hydrogens (primary N) is 2. The van der Waals surface area contributed by atoms with E-state index < -0.39 is 38.6 Å². The minimum atomic E-state index is -4.16. The molecule has 2 aromatic heterocycles. The second-order valence-electron chi connectivity index (χ2n) is 8.93. The molecule has 35 heavy (non-hydrogen) atoms. The van der Waals surface area contributed by atoms with E-state index in [9.17, 15) is 21.9 Å². The predicted molar refractivity (Wildman–Crippen MR) is 131 cm³/mol. The zero-order chi connectivity index (χ0) is 25.0. The van der Waals surface area contributed by atoms with E-state index in [2.05, 4.69) is 9.97 Å². The number of anilines is 1. The summed E-state index contributed by atoms with van der Waals surface area (Å²) in [7, 11) is -8.26. The first-order chi connectivity index (χ1) is 16.5. The molecule has 1 fully saturated rings. The van der Waals surface area contributed by atoms with Gasteiger partial charge in [0.2, 0.25) is 0 Å². The Kier molecular flexibility index (Phi) is 6.32. The van der Waals surface area contributed by atoms with Crippen molar-refractivity contribution in [1.29, 1.82) is 0 Å². The molecule has 11 nitrogen and oxygen atoms in total. The molecule has 1 aromatic carbocycles. The van der Waals surface area contributed by atoms with Crippen LogP contribution in [0.15, 0.2) is 36.0 Å². The standard InChI is InChI=1S/C21H25N5O6S3/c22-34(28,29)26(17-6-5-12-3-1-2-4-15(12)17)21-20-19(24-11-25-21)16(10-33-20)13-7-14(18(27)8-13)9-32-35(23,30)31/h1-4,10-11,13-14,17-18,27H,5-9H2,(H2,22,28,29)(H2,23,30,31). The predicted octanol–water partition coefficient (Wildman–Crippen LogP) is 1.46.